The van der Waals surface area contributed by atoms with Crippen molar-refractivity contribution >= 4 is 46.0 Å². The number of aromatic nitrogens is 2. The number of para-hydroxylation sites is 2. The van der Waals surface area contributed by atoms with E-state index in [1.807, 2.05) is 18.2 Å². The van der Waals surface area contributed by atoms with Crippen molar-refractivity contribution in [3.8, 4) is 0 Å². The molecule has 0 aliphatic carbocycles. The molecule has 0 saturated carbocycles. The van der Waals surface area contributed by atoms with E-state index >= 15 is 0 Å². The van der Waals surface area contributed by atoms with E-state index < -0.39 is 10.7 Å². The Balaban J connectivity index is 2.29. The van der Waals surface area contributed by atoms with Crippen LogP contribution in [-0.2, 0) is 4.79 Å². The first-order valence-corrected chi connectivity index (χ1v) is 5.35. The standard InChI is InChI=1S/C10H7Cl2N3O/c11-9(12)10(16)15-8-5-13-6-3-1-2-4-7(6)14-8/h1-5,9H,(H,14,15,16). The molecule has 0 aliphatic heterocycles. The van der Waals surface area contributed by atoms with Gasteiger partial charge in [-0.05, 0) is 12.1 Å². The van der Waals surface area contributed by atoms with E-state index in [1.54, 1.807) is 6.07 Å². The van der Waals surface area contributed by atoms with Crippen molar-refractivity contribution in [1.82, 2.24) is 9.97 Å². The Kier molecular flexibility index (Phi) is 3.22. The zero-order chi connectivity index (χ0) is 11.5. The zero-order valence-corrected chi connectivity index (χ0v) is 9.53. The molecule has 1 amide bonds. The number of hydrogen-bond acceptors (Lipinski definition) is 3. The first kappa shape index (κ1) is 11.1. The van der Waals surface area contributed by atoms with Gasteiger partial charge in [-0.15, -0.1) is 0 Å². The van der Waals surface area contributed by atoms with Crippen molar-refractivity contribution in [1.29, 1.82) is 0 Å². The molecule has 0 radical (unpaired) electrons. The van der Waals surface area contributed by atoms with E-state index in [4.69, 9.17) is 23.2 Å². The van der Waals surface area contributed by atoms with Gasteiger partial charge in [-0.25, -0.2) is 4.98 Å². The molecule has 1 heterocycles. The minimum atomic E-state index is -1.12. The number of rotatable bonds is 2. The van der Waals surface area contributed by atoms with Crippen LogP contribution in [0.15, 0.2) is 30.5 Å². The van der Waals surface area contributed by atoms with E-state index in [0.717, 1.165) is 5.52 Å². The highest BCUT2D eigenvalue weighted by Crippen LogP contribution is 2.12. The lowest BCUT2D eigenvalue weighted by atomic mass is 10.3. The molecule has 0 unspecified atom stereocenters. The second kappa shape index (κ2) is 4.63. The monoisotopic (exact) mass is 255 g/mol. The summed E-state index contributed by atoms with van der Waals surface area (Å²) in [5.74, 6) is -0.192. The summed E-state index contributed by atoms with van der Waals surface area (Å²) in [7, 11) is 0. The molecule has 2 rings (SSSR count). The maximum Gasteiger partial charge on any atom is 0.258 e. The van der Waals surface area contributed by atoms with Crippen LogP contribution in [0.1, 0.15) is 0 Å². The molecule has 16 heavy (non-hydrogen) atoms. The average molecular weight is 256 g/mol. The van der Waals surface area contributed by atoms with Gasteiger partial charge in [-0.1, -0.05) is 35.3 Å². The Hall–Kier alpha value is -1.39. The number of halogens is 2. The van der Waals surface area contributed by atoms with Gasteiger partial charge in [0.05, 0.1) is 17.2 Å². The lowest BCUT2D eigenvalue weighted by Gasteiger charge is -2.04. The number of benzene rings is 1. The fourth-order valence-electron chi connectivity index (χ4n) is 1.20. The van der Waals surface area contributed by atoms with E-state index in [-0.39, 0.29) is 0 Å². The van der Waals surface area contributed by atoms with Crippen LogP contribution in [-0.4, -0.2) is 20.7 Å². The molecule has 82 valence electrons. The summed E-state index contributed by atoms with van der Waals surface area (Å²) < 4.78 is 0. The predicted molar refractivity (Wildman–Crippen MR) is 63.7 cm³/mol. The minimum absolute atomic E-state index is 0.329. The van der Waals surface area contributed by atoms with E-state index in [2.05, 4.69) is 15.3 Å². The molecular formula is C10H7Cl2N3O. The molecule has 6 heteroatoms. The SMILES string of the molecule is O=C(Nc1cnc2ccccc2n1)C(Cl)Cl. The third-order valence-corrected chi connectivity index (χ3v) is 2.29. The lowest BCUT2D eigenvalue weighted by molar-refractivity contribution is -0.114. The Morgan fingerprint density at radius 1 is 1.25 bits per heavy atom. The highest BCUT2D eigenvalue weighted by molar-refractivity contribution is 6.54. The fraction of sp³-hybridized carbons (Fsp3) is 0.100. The number of fused-ring (bicyclic) bond motifs is 1. The van der Waals surface area contributed by atoms with Gasteiger partial charge < -0.3 is 5.32 Å². The van der Waals surface area contributed by atoms with Gasteiger partial charge in [0.1, 0.15) is 0 Å². The highest BCUT2D eigenvalue weighted by Gasteiger charge is 2.12. The molecule has 0 fully saturated rings. The molecule has 1 aromatic heterocycles. The Bertz CT molecular complexity index is 530. The molecule has 0 bridgehead atoms. The van der Waals surface area contributed by atoms with Crippen LogP contribution in [0.3, 0.4) is 0 Å². The lowest BCUT2D eigenvalue weighted by Crippen LogP contribution is -2.19. The van der Waals surface area contributed by atoms with Crippen molar-refractivity contribution in [3.63, 3.8) is 0 Å². The van der Waals surface area contributed by atoms with Crippen LogP contribution in [0.25, 0.3) is 11.0 Å². The van der Waals surface area contributed by atoms with Crippen LogP contribution in [0, 0.1) is 0 Å². The third kappa shape index (κ3) is 2.40. The number of nitrogens with zero attached hydrogens (tertiary/aromatic N) is 2. The van der Waals surface area contributed by atoms with E-state index in [0.29, 0.717) is 11.3 Å². The van der Waals surface area contributed by atoms with Crippen LogP contribution >= 0.6 is 23.2 Å². The Morgan fingerprint density at radius 3 is 2.62 bits per heavy atom. The summed E-state index contributed by atoms with van der Waals surface area (Å²) in [6.07, 6.45) is 1.45. The summed E-state index contributed by atoms with van der Waals surface area (Å²) in [6, 6.07) is 7.34. The topological polar surface area (TPSA) is 54.9 Å². The molecule has 1 aromatic carbocycles. The molecule has 0 aliphatic rings. The maximum absolute atomic E-state index is 11.2. The summed E-state index contributed by atoms with van der Waals surface area (Å²) in [5.41, 5.74) is 1.45. The predicted octanol–water partition coefficient (Wildman–Crippen LogP) is 2.37. The number of amides is 1. The van der Waals surface area contributed by atoms with Crippen molar-refractivity contribution in [2.75, 3.05) is 5.32 Å². The summed E-state index contributed by atoms with van der Waals surface area (Å²) in [5, 5.41) is 2.46. The van der Waals surface area contributed by atoms with E-state index in [9.17, 15) is 4.79 Å². The van der Waals surface area contributed by atoms with Crippen LogP contribution in [0.2, 0.25) is 0 Å². The zero-order valence-electron chi connectivity index (χ0n) is 8.02. The first-order valence-electron chi connectivity index (χ1n) is 4.47. The van der Waals surface area contributed by atoms with Gasteiger partial charge in [0.2, 0.25) is 0 Å². The van der Waals surface area contributed by atoms with E-state index in [1.165, 1.54) is 6.20 Å². The number of alkyl halides is 2. The summed E-state index contributed by atoms with van der Waals surface area (Å²) in [4.78, 5) is 18.4. The van der Waals surface area contributed by atoms with Crippen molar-refractivity contribution in [2.24, 2.45) is 0 Å². The molecule has 1 N–H and O–H groups in total. The molecule has 0 atom stereocenters. The summed E-state index contributed by atoms with van der Waals surface area (Å²) >= 11 is 10.8. The van der Waals surface area contributed by atoms with Gasteiger partial charge in [0, 0.05) is 0 Å². The Morgan fingerprint density at radius 2 is 1.94 bits per heavy atom. The van der Waals surface area contributed by atoms with Crippen LogP contribution in [0.5, 0.6) is 0 Å². The number of carbonyl (C=O) groups is 1. The van der Waals surface area contributed by atoms with Crippen LogP contribution in [0.4, 0.5) is 5.82 Å². The van der Waals surface area contributed by atoms with Gasteiger partial charge >= 0.3 is 0 Å². The number of carbonyl (C=O) groups excluding carboxylic acids is 1. The highest BCUT2D eigenvalue weighted by atomic mass is 35.5. The minimum Gasteiger partial charge on any atom is -0.307 e. The smallest absolute Gasteiger partial charge is 0.258 e. The number of anilines is 1. The second-order valence-electron chi connectivity index (χ2n) is 3.03. The first-order chi connectivity index (χ1) is 7.66. The fourth-order valence-corrected chi connectivity index (χ4v) is 1.31. The van der Waals surface area contributed by atoms with Gasteiger partial charge in [-0.2, -0.15) is 0 Å². The van der Waals surface area contributed by atoms with Gasteiger partial charge in [0.15, 0.2) is 10.7 Å². The normalized spacial score (nSPS) is 10.7. The molecule has 0 saturated heterocycles. The Labute approximate surface area is 102 Å². The second-order valence-corrected chi connectivity index (χ2v) is 4.13. The maximum atomic E-state index is 11.2. The molecule has 2 aromatic rings. The van der Waals surface area contributed by atoms with Crippen molar-refractivity contribution in [3.05, 3.63) is 30.5 Å². The van der Waals surface area contributed by atoms with Gasteiger partial charge in [-0.3, -0.25) is 9.78 Å². The van der Waals surface area contributed by atoms with Crippen LogP contribution < -0.4 is 5.32 Å². The summed E-state index contributed by atoms with van der Waals surface area (Å²) in [6.45, 7) is 0. The third-order valence-electron chi connectivity index (χ3n) is 1.90. The van der Waals surface area contributed by atoms with Crippen molar-refractivity contribution in [2.45, 2.75) is 4.84 Å². The quantitative estimate of drug-likeness (QED) is 0.839. The molecule has 0 spiro atoms. The molecular weight excluding hydrogens is 249 g/mol. The average Bonchev–Trinajstić information content (AvgIpc) is 2.28. The van der Waals surface area contributed by atoms with Gasteiger partial charge in [0.25, 0.3) is 5.91 Å². The largest absolute Gasteiger partial charge is 0.307 e. The molecule has 4 nitrogen and oxygen atoms in total. The number of nitrogens with one attached hydrogen (secondary N) is 1. The number of hydrogen-bond donors (Lipinski definition) is 1. The van der Waals surface area contributed by atoms with Crippen molar-refractivity contribution < 1.29 is 4.79 Å².